The molecule has 0 heterocycles. The highest BCUT2D eigenvalue weighted by atomic mass is 79.9. The molecule has 1 unspecified atom stereocenters. The van der Waals surface area contributed by atoms with Crippen LogP contribution in [0.2, 0.25) is 0 Å². The van der Waals surface area contributed by atoms with Gasteiger partial charge in [-0.05, 0) is 44.0 Å². The molecule has 4 nitrogen and oxygen atoms in total. The number of hydrogen-bond donors (Lipinski definition) is 2. The number of nitrogens with zero attached hydrogens (tertiary/aromatic N) is 1. The molecule has 5 heteroatoms. The number of rotatable bonds is 5. The second kappa shape index (κ2) is 7.71. The molecule has 0 spiro atoms. The van der Waals surface area contributed by atoms with E-state index in [1.165, 1.54) is 6.20 Å². The van der Waals surface area contributed by atoms with Crippen LogP contribution in [0.3, 0.4) is 0 Å². The molecule has 0 fully saturated rings. The summed E-state index contributed by atoms with van der Waals surface area (Å²) in [6.07, 6.45) is 2.25. The van der Waals surface area contributed by atoms with Gasteiger partial charge in [0.1, 0.15) is 11.6 Å². The zero-order valence-corrected chi connectivity index (χ0v) is 13.4. The number of aryl methyl sites for hydroxylation is 1. The third-order valence-corrected chi connectivity index (χ3v) is 3.79. The molecule has 1 aromatic rings. The maximum Gasteiger partial charge on any atom is 0.263 e. The van der Waals surface area contributed by atoms with Crippen LogP contribution in [0.1, 0.15) is 25.8 Å². The van der Waals surface area contributed by atoms with E-state index in [-0.39, 0.29) is 17.5 Å². The fourth-order valence-electron chi connectivity index (χ4n) is 1.44. The molecule has 1 aromatic carbocycles. The molecule has 0 radical (unpaired) electrons. The first kappa shape index (κ1) is 16.3. The summed E-state index contributed by atoms with van der Waals surface area (Å²) in [5.41, 5.74) is 1.96. The highest BCUT2D eigenvalue weighted by Crippen LogP contribution is 2.20. The molecule has 106 valence electrons. The zero-order valence-electron chi connectivity index (χ0n) is 11.8. The summed E-state index contributed by atoms with van der Waals surface area (Å²) in [7, 11) is 0. The molecule has 0 aliphatic heterocycles. The molecule has 2 N–H and O–H groups in total. The van der Waals surface area contributed by atoms with E-state index in [1.54, 1.807) is 0 Å². The molecule has 0 aliphatic rings. The number of hydrogen-bond acceptors (Lipinski definition) is 3. The monoisotopic (exact) mass is 335 g/mol. The summed E-state index contributed by atoms with van der Waals surface area (Å²) in [5, 5.41) is 14.8. The number of halogens is 1. The summed E-state index contributed by atoms with van der Waals surface area (Å²) < 4.78 is 1.02. The van der Waals surface area contributed by atoms with E-state index in [4.69, 9.17) is 5.26 Å². The van der Waals surface area contributed by atoms with Crippen LogP contribution >= 0.6 is 15.9 Å². The molecule has 0 bridgehead atoms. The Morgan fingerprint density at radius 1 is 1.55 bits per heavy atom. The largest absolute Gasteiger partial charge is 0.360 e. The number of amides is 1. The average Bonchev–Trinajstić information content (AvgIpc) is 2.43. The minimum Gasteiger partial charge on any atom is -0.360 e. The van der Waals surface area contributed by atoms with Crippen LogP contribution in [0.5, 0.6) is 0 Å². The van der Waals surface area contributed by atoms with Crippen molar-refractivity contribution >= 4 is 27.5 Å². The van der Waals surface area contributed by atoms with E-state index < -0.39 is 0 Å². The number of carbonyl (C=O) groups excluding carboxylic acids is 1. The average molecular weight is 336 g/mol. The van der Waals surface area contributed by atoms with E-state index in [1.807, 2.05) is 45.0 Å². The first-order valence-corrected chi connectivity index (χ1v) is 7.21. The van der Waals surface area contributed by atoms with E-state index >= 15 is 0 Å². The summed E-state index contributed by atoms with van der Waals surface area (Å²) in [5.74, 6) is -0.358. The quantitative estimate of drug-likeness (QED) is 0.639. The fraction of sp³-hybridized carbons (Fsp3) is 0.333. The molecule has 1 atom stereocenters. The van der Waals surface area contributed by atoms with Gasteiger partial charge in [-0.25, -0.2) is 0 Å². The Hall–Kier alpha value is -1.80. The van der Waals surface area contributed by atoms with Crippen molar-refractivity contribution in [3.8, 4) is 6.07 Å². The van der Waals surface area contributed by atoms with Crippen molar-refractivity contribution in [1.29, 1.82) is 5.26 Å². The lowest BCUT2D eigenvalue weighted by molar-refractivity contribution is -0.117. The lowest BCUT2D eigenvalue weighted by atomic mass is 10.2. The Morgan fingerprint density at radius 3 is 2.80 bits per heavy atom. The van der Waals surface area contributed by atoms with Gasteiger partial charge in [0.15, 0.2) is 0 Å². The molecule has 0 saturated carbocycles. The number of benzene rings is 1. The minimum atomic E-state index is -0.358. The van der Waals surface area contributed by atoms with E-state index in [0.29, 0.717) is 0 Å². The topological polar surface area (TPSA) is 64.9 Å². The van der Waals surface area contributed by atoms with Gasteiger partial charge in [-0.1, -0.05) is 22.9 Å². The van der Waals surface area contributed by atoms with Crippen molar-refractivity contribution in [3.63, 3.8) is 0 Å². The minimum absolute atomic E-state index is 0.0502. The molecule has 20 heavy (non-hydrogen) atoms. The smallest absolute Gasteiger partial charge is 0.263 e. The van der Waals surface area contributed by atoms with Crippen molar-refractivity contribution in [2.45, 2.75) is 33.2 Å². The van der Waals surface area contributed by atoms with E-state index in [2.05, 4.69) is 26.6 Å². The molecule has 0 saturated heterocycles. The maximum atomic E-state index is 11.8. The van der Waals surface area contributed by atoms with Gasteiger partial charge in [0.05, 0.1) is 0 Å². The molecule has 0 aliphatic carbocycles. The van der Waals surface area contributed by atoms with Crippen molar-refractivity contribution in [2.75, 3.05) is 5.32 Å². The normalized spacial score (nSPS) is 12.4. The summed E-state index contributed by atoms with van der Waals surface area (Å²) in [6.45, 7) is 5.85. The van der Waals surface area contributed by atoms with Gasteiger partial charge in [0, 0.05) is 22.4 Å². The molecular weight excluding hydrogens is 318 g/mol. The number of carbonyl (C=O) groups is 1. The Kier molecular flexibility index (Phi) is 6.26. The van der Waals surface area contributed by atoms with Gasteiger partial charge in [0.2, 0.25) is 0 Å². The Bertz CT molecular complexity index is 561. The van der Waals surface area contributed by atoms with E-state index in [9.17, 15) is 4.79 Å². The first-order chi connectivity index (χ1) is 9.47. The number of anilines is 1. The predicted octanol–water partition coefficient (Wildman–Crippen LogP) is 3.49. The maximum absolute atomic E-state index is 11.8. The van der Waals surface area contributed by atoms with Crippen molar-refractivity contribution in [2.24, 2.45) is 0 Å². The number of nitrogens with one attached hydrogen (secondary N) is 2. The van der Waals surface area contributed by atoms with Crippen LogP contribution < -0.4 is 10.6 Å². The SMILES string of the molecule is CCC(C)NC(=O)/C(C#N)=C\Nc1ccc(Br)c(C)c1. The zero-order chi connectivity index (χ0) is 15.1. The standard InChI is InChI=1S/C15H18BrN3O/c1-4-11(3)19-15(20)12(8-17)9-18-13-5-6-14(16)10(2)7-13/h5-7,9,11,18H,4H2,1-3H3,(H,19,20)/b12-9-. The Morgan fingerprint density at radius 2 is 2.25 bits per heavy atom. The van der Waals surface area contributed by atoms with Crippen molar-refractivity contribution in [3.05, 3.63) is 40.0 Å². The van der Waals surface area contributed by atoms with Crippen LogP contribution in [0.15, 0.2) is 34.4 Å². The number of nitriles is 1. The highest BCUT2D eigenvalue weighted by molar-refractivity contribution is 9.10. The lowest BCUT2D eigenvalue weighted by Crippen LogP contribution is -2.33. The fourth-order valence-corrected chi connectivity index (χ4v) is 1.69. The summed E-state index contributed by atoms with van der Waals surface area (Å²) in [4.78, 5) is 11.8. The van der Waals surface area contributed by atoms with Gasteiger partial charge < -0.3 is 10.6 Å². The van der Waals surface area contributed by atoms with Crippen LogP contribution in [0, 0.1) is 18.3 Å². The summed E-state index contributed by atoms with van der Waals surface area (Å²) in [6, 6.07) is 7.67. The summed E-state index contributed by atoms with van der Waals surface area (Å²) >= 11 is 3.42. The second-order valence-electron chi connectivity index (χ2n) is 4.56. The molecule has 1 amide bonds. The van der Waals surface area contributed by atoms with Crippen LogP contribution in [0.4, 0.5) is 5.69 Å². The lowest BCUT2D eigenvalue weighted by Gasteiger charge is -2.10. The van der Waals surface area contributed by atoms with Crippen LogP contribution in [-0.4, -0.2) is 11.9 Å². The van der Waals surface area contributed by atoms with Gasteiger partial charge >= 0.3 is 0 Å². The van der Waals surface area contributed by atoms with Gasteiger partial charge in [-0.3, -0.25) is 4.79 Å². The van der Waals surface area contributed by atoms with Crippen molar-refractivity contribution < 1.29 is 4.79 Å². The predicted molar refractivity (Wildman–Crippen MR) is 84.1 cm³/mol. The van der Waals surface area contributed by atoms with Gasteiger partial charge in [0.25, 0.3) is 5.91 Å². The molecule has 1 rings (SSSR count). The molecular formula is C15H18BrN3O. The van der Waals surface area contributed by atoms with Gasteiger partial charge in [-0.2, -0.15) is 5.26 Å². The third-order valence-electron chi connectivity index (χ3n) is 2.90. The molecule has 0 aromatic heterocycles. The van der Waals surface area contributed by atoms with Crippen molar-refractivity contribution in [1.82, 2.24) is 5.32 Å². The first-order valence-electron chi connectivity index (χ1n) is 6.41. The Labute approximate surface area is 128 Å². The van der Waals surface area contributed by atoms with Crippen LogP contribution in [0.25, 0.3) is 0 Å². The Balaban J connectivity index is 2.77. The van der Waals surface area contributed by atoms with E-state index in [0.717, 1.165) is 22.1 Å². The van der Waals surface area contributed by atoms with Gasteiger partial charge in [-0.15, -0.1) is 0 Å². The second-order valence-corrected chi connectivity index (χ2v) is 5.42. The third kappa shape index (κ3) is 4.71. The van der Waals surface area contributed by atoms with Crippen LogP contribution in [-0.2, 0) is 4.79 Å². The highest BCUT2D eigenvalue weighted by Gasteiger charge is 2.10.